The molecule has 33 heavy (non-hydrogen) atoms. The summed E-state index contributed by atoms with van der Waals surface area (Å²) >= 11 is 0. The highest BCUT2D eigenvalue weighted by molar-refractivity contribution is 4.88. The summed E-state index contributed by atoms with van der Waals surface area (Å²) in [5.41, 5.74) is 0. The summed E-state index contributed by atoms with van der Waals surface area (Å²) in [4.78, 5) is 0. The lowest BCUT2D eigenvalue weighted by atomic mass is 10.0. The molecule has 0 aromatic heterocycles. The second-order valence-corrected chi connectivity index (χ2v) is 9.86. The van der Waals surface area contributed by atoms with Gasteiger partial charge in [-0.05, 0) is 77.0 Å². The van der Waals surface area contributed by atoms with Gasteiger partial charge in [0.2, 0.25) is 0 Å². The van der Waals surface area contributed by atoms with Crippen LogP contribution < -0.4 is 0 Å². The fraction of sp³-hybridized carbons (Fsp3) is 0.800. The van der Waals surface area contributed by atoms with Crippen molar-refractivity contribution in [1.29, 1.82) is 0 Å². The van der Waals surface area contributed by atoms with E-state index in [2.05, 4.69) is 37.8 Å². The van der Waals surface area contributed by atoms with Crippen LogP contribution in [0.5, 0.6) is 0 Å². The first-order valence-electron chi connectivity index (χ1n) is 14.1. The quantitative estimate of drug-likeness (QED) is 0.126. The van der Waals surface area contributed by atoms with Crippen molar-refractivity contribution >= 4 is 0 Å². The molecule has 0 bridgehead atoms. The van der Waals surface area contributed by atoms with Crippen molar-refractivity contribution in [3.63, 3.8) is 0 Å². The lowest BCUT2D eigenvalue weighted by Gasteiger charge is -2.21. The first-order valence-corrected chi connectivity index (χ1v) is 14.1. The second kappa shape index (κ2) is 21.6. The first kappa shape index (κ1) is 30.1. The molecule has 1 saturated heterocycles. The van der Waals surface area contributed by atoms with Gasteiger partial charge in [-0.25, -0.2) is 0 Å². The third-order valence-corrected chi connectivity index (χ3v) is 6.79. The molecule has 0 unspecified atom stereocenters. The van der Waals surface area contributed by atoms with Crippen molar-refractivity contribution in [1.82, 2.24) is 0 Å². The Morgan fingerprint density at radius 2 is 1.09 bits per heavy atom. The molecule has 192 valence electrons. The molecule has 0 aromatic carbocycles. The van der Waals surface area contributed by atoms with Crippen LogP contribution in [0.15, 0.2) is 37.0 Å². The fourth-order valence-electron chi connectivity index (χ4n) is 4.58. The predicted molar refractivity (Wildman–Crippen MR) is 143 cm³/mol. The van der Waals surface area contributed by atoms with E-state index in [1.807, 2.05) is 6.08 Å². The summed E-state index contributed by atoms with van der Waals surface area (Å²) in [5.74, 6) is 0. The second-order valence-electron chi connectivity index (χ2n) is 9.86. The van der Waals surface area contributed by atoms with E-state index in [9.17, 15) is 10.2 Å². The standard InChI is InChI=1S/C30H54O3/c1-3-5-7-9-11-13-15-17-19-21-23-27(31)29-25-26-30(33-29)28(32)24-22-20-18-16-14-12-10-8-6-4-2/h3,17-20,27-32H,1,4-16,21-26H2,2H3/t27-,28+,29-,30+/m1/s1. The number of hydrogen-bond acceptors (Lipinski definition) is 3. The smallest absolute Gasteiger partial charge is 0.0840 e. The largest absolute Gasteiger partial charge is 0.390 e. The minimum absolute atomic E-state index is 0.117. The minimum atomic E-state index is -0.428. The highest BCUT2D eigenvalue weighted by Gasteiger charge is 2.33. The van der Waals surface area contributed by atoms with Crippen LogP contribution in [0.25, 0.3) is 0 Å². The van der Waals surface area contributed by atoms with Crippen LogP contribution in [0.2, 0.25) is 0 Å². The highest BCUT2D eigenvalue weighted by atomic mass is 16.5. The van der Waals surface area contributed by atoms with Gasteiger partial charge in [-0.2, -0.15) is 0 Å². The molecule has 3 nitrogen and oxygen atoms in total. The molecule has 1 rings (SSSR count). The third kappa shape index (κ3) is 16.4. The average Bonchev–Trinajstić information content (AvgIpc) is 3.32. The van der Waals surface area contributed by atoms with Crippen LogP contribution in [0.1, 0.15) is 129 Å². The molecule has 0 amide bonds. The number of unbranched alkanes of at least 4 members (excludes halogenated alkanes) is 11. The van der Waals surface area contributed by atoms with Crippen molar-refractivity contribution in [2.75, 3.05) is 0 Å². The Hall–Kier alpha value is -0.900. The Labute approximate surface area is 205 Å². The lowest BCUT2D eigenvalue weighted by molar-refractivity contribution is -0.0772. The number of aliphatic hydroxyl groups excluding tert-OH is 2. The molecule has 0 radical (unpaired) electrons. The number of aliphatic hydroxyl groups is 2. The van der Waals surface area contributed by atoms with Gasteiger partial charge in [0.05, 0.1) is 24.4 Å². The van der Waals surface area contributed by atoms with Gasteiger partial charge >= 0.3 is 0 Å². The Morgan fingerprint density at radius 1 is 0.667 bits per heavy atom. The van der Waals surface area contributed by atoms with E-state index in [-0.39, 0.29) is 12.2 Å². The van der Waals surface area contributed by atoms with Crippen molar-refractivity contribution in [3.8, 4) is 0 Å². The van der Waals surface area contributed by atoms with Crippen LogP contribution in [-0.4, -0.2) is 34.6 Å². The Kier molecular flexibility index (Phi) is 19.7. The van der Waals surface area contributed by atoms with Gasteiger partial charge in [-0.1, -0.05) is 82.2 Å². The summed E-state index contributed by atoms with van der Waals surface area (Å²) in [7, 11) is 0. The van der Waals surface area contributed by atoms with Gasteiger partial charge in [0, 0.05) is 0 Å². The molecule has 0 saturated carbocycles. The fourth-order valence-corrected chi connectivity index (χ4v) is 4.58. The normalized spacial score (nSPS) is 20.7. The highest BCUT2D eigenvalue weighted by Crippen LogP contribution is 2.27. The zero-order chi connectivity index (χ0) is 24.0. The van der Waals surface area contributed by atoms with Gasteiger partial charge < -0.3 is 14.9 Å². The van der Waals surface area contributed by atoms with Crippen LogP contribution >= 0.6 is 0 Å². The zero-order valence-electron chi connectivity index (χ0n) is 21.6. The van der Waals surface area contributed by atoms with Crippen LogP contribution in [0, 0.1) is 0 Å². The van der Waals surface area contributed by atoms with Crippen LogP contribution in [0.3, 0.4) is 0 Å². The van der Waals surface area contributed by atoms with Crippen molar-refractivity contribution in [2.45, 2.75) is 153 Å². The molecule has 2 N–H and O–H groups in total. The SMILES string of the molecule is C=CCCCCCCC=CCC[C@@H](O)[C@H]1CC[C@@H]([C@@H](O)CCC=CCCCCCCCC)O1. The molecule has 4 atom stereocenters. The maximum absolute atomic E-state index is 10.5. The van der Waals surface area contributed by atoms with E-state index in [0.29, 0.717) is 0 Å². The molecule has 0 aliphatic carbocycles. The summed E-state index contributed by atoms with van der Waals surface area (Å²) in [5, 5.41) is 21.0. The molecule has 1 heterocycles. The topological polar surface area (TPSA) is 49.7 Å². The van der Waals surface area contributed by atoms with Gasteiger partial charge in [0.15, 0.2) is 0 Å². The number of allylic oxidation sites excluding steroid dienone is 5. The van der Waals surface area contributed by atoms with Gasteiger partial charge in [0.25, 0.3) is 0 Å². The maximum Gasteiger partial charge on any atom is 0.0840 e. The van der Waals surface area contributed by atoms with E-state index >= 15 is 0 Å². The monoisotopic (exact) mass is 462 g/mol. The number of rotatable bonds is 22. The van der Waals surface area contributed by atoms with E-state index in [1.54, 1.807) is 0 Å². The van der Waals surface area contributed by atoms with Crippen molar-refractivity contribution in [3.05, 3.63) is 37.0 Å². The summed E-state index contributed by atoms with van der Waals surface area (Å²) in [6.45, 7) is 6.01. The lowest BCUT2D eigenvalue weighted by Crippen LogP contribution is -2.30. The van der Waals surface area contributed by atoms with Gasteiger partial charge in [-0.15, -0.1) is 6.58 Å². The summed E-state index contributed by atoms with van der Waals surface area (Å²) in [6.07, 6.45) is 31.3. The van der Waals surface area contributed by atoms with E-state index in [1.165, 1.54) is 64.2 Å². The molecule has 1 aliphatic rings. The van der Waals surface area contributed by atoms with E-state index < -0.39 is 12.2 Å². The summed E-state index contributed by atoms with van der Waals surface area (Å²) < 4.78 is 6.01. The molecule has 1 fully saturated rings. The van der Waals surface area contributed by atoms with Gasteiger partial charge in [0.1, 0.15) is 0 Å². The van der Waals surface area contributed by atoms with E-state index in [0.717, 1.165) is 57.8 Å². The van der Waals surface area contributed by atoms with Crippen molar-refractivity contribution in [2.24, 2.45) is 0 Å². The number of hydrogen-bond donors (Lipinski definition) is 2. The zero-order valence-corrected chi connectivity index (χ0v) is 21.6. The van der Waals surface area contributed by atoms with Crippen molar-refractivity contribution < 1.29 is 14.9 Å². The molecule has 0 spiro atoms. The maximum atomic E-state index is 10.5. The molecule has 0 aromatic rings. The molecule has 3 heteroatoms. The Bertz CT molecular complexity index is 499. The first-order chi connectivity index (χ1) is 16.2. The van der Waals surface area contributed by atoms with Crippen LogP contribution in [0.4, 0.5) is 0 Å². The van der Waals surface area contributed by atoms with Crippen LogP contribution in [-0.2, 0) is 4.74 Å². The average molecular weight is 463 g/mol. The Morgan fingerprint density at radius 3 is 1.58 bits per heavy atom. The van der Waals surface area contributed by atoms with Gasteiger partial charge in [-0.3, -0.25) is 0 Å². The minimum Gasteiger partial charge on any atom is -0.390 e. The molecule has 1 aliphatic heterocycles. The summed E-state index contributed by atoms with van der Waals surface area (Å²) in [6, 6.07) is 0. The predicted octanol–water partition coefficient (Wildman–Crippen LogP) is 8.21. The number of ether oxygens (including phenoxy) is 1. The molecular weight excluding hydrogens is 408 g/mol. The molecular formula is C30H54O3. The van der Waals surface area contributed by atoms with E-state index in [4.69, 9.17) is 4.74 Å². The Balaban J connectivity index is 2.04. The third-order valence-electron chi connectivity index (χ3n) is 6.79.